The Morgan fingerprint density at radius 2 is 1.96 bits per heavy atom. The Hall–Kier alpha value is -2.56. The maximum Gasteiger partial charge on any atom is 0.220 e. The average Bonchev–Trinajstić information content (AvgIpc) is 2.52. The lowest BCUT2D eigenvalue weighted by Crippen LogP contribution is -2.23. The lowest BCUT2D eigenvalue weighted by atomic mass is 10.1. The first-order valence-electron chi connectivity index (χ1n) is 7.46. The molecule has 0 aliphatic rings. The third-order valence-electron chi connectivity index (χ3n) is 3.60. The van der Waals surface area contributed by atoms with Gasteiger partial charge in [0.05, 0.1) is 5.69 Å². The fourth-order valence-electron chi connectivity index (χ4n) is 2.28. The Morgan fingerprint density at radius 1 is 1.22 bits per heavy atom. The Balaban J connectivity index is 1.85. The maximum atomic E-state index is 13.9. The molecular weight excluding hydrogens is 295 g/mol. The fourth-order valence-corrected chi connectivity index (χ4v) is 2.28. The molecule has 5 heteroatoms. The van der Waals surface area contributed by atoms with Crippen LogP contribution in [0.15, 0.2) is 42.5 Å². The molecule has 1 amide bonds. The predicted octanol–water partition coefficient (Wildman–Crippen LogP) is 2.85. The number of benzene rings is 2. The summed E-state index contributed by atoms with van der Waals surface area (Å²) in [5, 5.41) is 12.4. The molecule has 0 saturated carbocycles. The highest BCUT2D eigenvalue weighted by Crippen LogP contribution is 2.19. The van der Waals surface area contributed by atoms with Gasteiger partial charge in [-0.2, -0.15) is 0 Å². The van der Waals surface area contributed by atoms with E-state index in [1.165, 1.54) is 6.07 Å². The van der Waals surface area contributed by atoms with Crippen LogP contribution in [0.4, 0.5) is 10.1 Å². The van der Waals surface area contributed by atoms with E-state index in [0.29, 0.717) is 17.7 Å². The summed E-state index contributed by atoms with van der Waals surface area (Å²) in [7, 11) is 3.55. The highest BCUT2D eigenvalue weighted by atomic mass is 19.1. The number of anilines is 1. The standard InChI is InChI=1S/C18H21FN2O2/c1-21(2)16-9-7-13(11-15(16)19)12-20-18(23)10-8-14-5-3-4-6-17(14)22/h3-7,9,11,22H,8,10,12H2,1-2H3,(H,20,23). The van der Waals surface area contributed by atoms with Crippen molar-refractivity contribution in [3.8, 4) is 5.75 Å². The molecule has 2 rings (SSSR count). The van der Waals surface area contributed by atoms with Gasteiger partial charge in [0.15, 0.2) is 0 Å². The molecule has 0 bridgehead atoms. The molecule has 0 saturated heterocycles. The van der Waals surface area contributed by atoms with Gasteiger partial charge in [0.2, 0.25) is 5.91 Å². The first kappa shape index (κ1) is 16.8. The lowest BCUT2D eigenvalue weighted by Gasteiger charge is -2.14. The van der Waals surface area contributed by atoms with Crippen LogP contribution in [0.5, 0.6) is 5.75 Å². The molecule has 4 nitrogen and oxygen atoms in total. The summed E-state index contributed by atoms with van der Waals surface area (Å²) in [5.41, 5.74) is 1.97. The van der Waals surface area contributed by atoms with Gasteiger partial charge in [-0.15, -0.1) is 0 Å². The molecule has 0 fully saturated rings. The molecule has 0 radical (unpaired) electrons. The van der Waals surface area contributed by atoms with Crippen LogP contribution in [0.1, 0.15) is 17.5 Å². The van der Waals surface area contributed by atoms with Crippen LogP contribution in [-0.2, 0) is 17.8 Å². The van der Waals surface area contributed by atoms with E-state index in [4.69, 9.17) is 0 Å². The summed E-state index contributed by atoms with van der Waals surface area (Å²) in [6, 6.07) is 11.9. The summed E-state index contributed by atoms with van der Waals surface area (Å²) in [5.74, 6) is -0.247. The molecule has 0 atom stereocenters. The van der Waals surface area contributed by atoms with E-state index in [1.807, 2.05) is 6.07 Å². The number of hydrogen-bond donors (Lipinski definition) is 2. The number of aryl methyl sites for hydroxylation is 1. The minimum absolute atomic E-state index is 0.134. The summed E-state index contributed by atoms with van der Waals surface area (Å²) in [4.78, 5) is 13.6. The van der Waals surface area contributed by atoms with Crippen LogP contribution in [0.25, 0.3) is 0 Å². The number of halogens is 1. The van der Waals surface area contributed by atoms with Gasteiger partial charge < -0.3 is 15.3 Å². The van der Waals surface area contributed by atoms with E-state index in [0.717, 1.165) is 5.56 Å². The summed E-state index contributed by atoms with van der Waals surface area (Å²) >= 11 is 0. The van der Waals surface area contributed by atoms with Crippen molar-refractivity contribution in [1.29, 1.82) is 0 Å². The highest BCUT2D eigenvalue weighted by Gasteiger charge is 2.08. The molecule has 0 spiro atoms. The number of carbonyl (C=O) groups excluding carboxylic acids is 1. The van der Waals surface area contributed by atoms with Crippen molar-refractivity contribution in [3.05, 3.63) is 59.4 Å². The number of carbonyl (C=O) groups is 1. The van der Waals surface area contributed by atoms with Gasteiger partial charge in [-0.3, -0.25) is 4.79 Å². The van der Waals surface area contributed by atoms with E-state index >= 15 is 0 Å². The van der Waals surface area contributed by atoms with Crippen molar-refractivity contribution in [1.82, 2.24) is 5.32 Å². The number of nitrogens with one attached hydrogen (secondary N) is 1. The molecular formula is C18H21FN2O2. The highest BCUT2D eigenvalue weighted by molar-refractivity contribution is 5.76. The second kappa shape index (κ2) is 7.63. The molecule has 23 heavy (non-hydrogen) atoms. The van der Waals surface area contributed by atoms with Crippen molar-refractivity contribution < 1.29 is 14.3 Å². The maximum absolute atomic E-state index is 13.9. The van der Waals surface area contributed by atoms with Crippen LogP contribution >= 0.6 is 0 Å². The number of hydrogen-bond acceptors (Lipinski definition) is 3. The summed E-state index contributed by atoms with van der Waals surface area (Å²) in [6.45, 7) is 0.282. The third-order valence-corrected chi connectivity index (χ3v) is 3.60. The normalized spacial score (nSPS) is 10.4. The second-order valence-corrected chi connectivity index (χ2v) is 5.59. The average molecular weight is 316 g/mol. The van der Waals surface area contributed by atoms with Crippen LogP contribution < -0.4 is 10.2 Å². The van der Waals surface area contributed by atoms with Crippen LogP contribution in [-0.4, -0.2) is 25.1 Å². The molecule has 0 heterocycles. The van der Waals surface area contributed by atoms with Crippen molar-refractivity contribution >= 4 is 11.6 Å². The van der Waals surface area contributed by atoms with Crippen molar-refractivity contribution in [2.24, 2.45) is 0 Å². The Labute approximate surface area is 135 Å². The molecule has 2 aromatic carbocycles. The Morgan fingerprint density at radius 3 is 2.61 bits per heavy atom. The van der Waals surface area contributed by atoms with Gasteiger partial charge in [-0.05, 0) is 35.7 Å². The number of phenolic OH excluding ortho intramolecular Hbond substituents is 1. The number of rotatable bonds is 6. The van der Waals surface area contributed by atoms with E-state index in [1.54, 1.807) is 49.3 Å². The zero-order chi connectivity index (χ0) is 16.8. The number of nitrogens with zero attached hydrogens (tertiary/aromatic N) is 1. The zero-order valence-electron chi connectivity index (χ0n) is 13.3. The van der Waals surface area contributed by atoms with Gasteiger partial charge in [0, 0.05) is 27.1 Å². The minimum Gasteiger partial charge on any atom is -0.508 e. The molecule has 2 N–H and O–H groups in total. The third kappa shape index (κ3) is 4.71. The van der Waals surface area contributed by atoms with Crippen LogP contribution in [0, 0.1) is 5.82 Å². The van der Waals surface area contributed by atoms with Crippen LogP contribution in [0.2, 0.25) is 0 Å². The van der Waals surface area contributed by atoms with Gasteiger partial charge >= 0.3 is 0 Å². The Bertz CT molecular complexity index is 686. The van der Waals surface area contributed by atoms with E-state index in [9.17, 15) is 14.3 Å². The van der Waals surface area contributed by atoms with E-state index in [-0.39, 0.29) is 30.4 Å². The van der Waals surface area contributed by atoms with Crippen LogP contribution in [0.3, 0.4) is 0 Å². The van der Waals surface area contributed by atoms with Gasteiger partial charge in [0.25, 0.3) is 0 Å². The topological polar surface area (TPSA) is 52.6 Å². The van der Waals surface area contributed by atoms with E-state index < -0.39 is 0 Å². The SMILES string of the molecule is CN(C)c1ccc(CNC(=O)CCc2ccccc2O)cc1F. The molecule has 0 aromatic heterocycles. The molecule has 0 aliphatic heterocycles. The van der Waals surface area contributed by atoms with Crippen molar-refractivity contribution in [2.45, 2.75) is 19.4 Å². The van der Waals surface area contributed by atoms with Gasteiger partial charge in [0.1, 0.15) is 11.6 Å². The molecule has 0 aliphatic carbocycles. The molecule has 0 unspecified atom stereocenters. The van der Waals surface area contributed by atoms with Crippen molar-refractivity contribution in [2.75, 3.05) is 19.0 Å². The number of para-hydroxylation sites is 1. The summed E-state index contributed by atoms with van der Waals surface area (Å²) in [6.07, 6.45) is 0.738. The zero-order valence-corrected chi connectivity index (χ0v) is 13.3. The van der Waals surface area contributed by atoms with Gasteiger partial charge in [-0.25, -0.2) is 4.39 Å². The lowest BCUT2D eigenvalue weighted by molar-refractivity contribution is -0.121. The largest absolute Gasteiger partial charge is 0.508 e. The smallest absolute Gasteiger partial charge is 0.220 e. The molecule has 122 valence electrons. The Kier molecular flexibility index (Phi) is 5.57. The quantitative estimate of drug-likeness (QED) is 0.861. The summed E-state index contributed by atoms with van der Waals surface area (Å²) < 4.78 is 13.9. The molecule has 2 aromatic rings. The second-order valence-electron chi connectivity index (χ2n) is 5.59. The minimum atomic E-state index is -0.309. The number of aromatic hydroxyl groups is 1. The fraction of sp³-hybridized carbons (Fsp3) is 0.278. The first-order valence-corrected chi connectivity index (χ1v) is 7.46. The van der Waals surface area contributed by atoms with E-state index in [2.05, 4.69) is 5.32 Å². The predicted molar refractivity (Wildman–Crippen MR) is 89.0 cm³/mol. The van der Waals surface area contributed by atoms with Crippen molar-refractivity contribution in [3.63, 3.8) is 0 Å². The number of phenols is 1. The monoisotopic (exact) mass is 316 g/mol. The number of amides is 1. The van der Waals surface area contributed by atoms with Gasteiger partial charge in [-0.1, -0.05) is 24.3 Å². The first-order chi connectivity index (χ1) is 11.0.